The molecule has 0 bridgehead atoms. The molecule has 9 heteroatoms. The summed E-state index contributed by atoms with van der Waals surface area (Å²) in [5, 5.41) is 12.2. The number of carbonyl (C=O) groups excluding carboxylic acids is 2. The van der Waals surface area contributed by atoms with Crippen LogP contribution in [0, 0.1) is 17.2 Å². The number of aryl methyl sites for hydroxylation is 1. The molecule has 3 aromatic rings. The van der Waals surface area contributed by atoms with Crippen LogP contribution in [0.15, 0.2) is 42.5 Å². The van der Waals surface area contributed by atoms with Crippen LogP contribution in [0.5, 0.6) is 0 Å². The molecule has 0 unspecified atom stereocenters. The molecule has 0 spiro atoms. The van der Waals surface area contributed by atoms with Crippen LogP contribution >= 0.6 is 0 Å². The lowest BCUT2D eigenvalue weighted by atomic mass is 10.0. The number of carbonyl (C=O) groups is 2. The summed E-state index contributed by atoms with van der Waals surface area (Å²) in [7, 11) is -0.0514. The molecule has 41 heavy (non-hydrogen) atoms. The summed E-state index contributed by atoms with van der Waals surface area (Å²) >= 11 is 0. The lowest BCUT2D eigenvalue weighted by Gasteiger charge is -2.36. The first-order chi connectivity index (χ1) is 19.4. The van der Waals surface area contributed by atoms with Crippen LogP contribution in [0.4, 0.5) is 11.6 Å². The number of amides is 2. The van der Waals surface area contributed by atoms with Crippen molar-refractivity contribution in [2.24, 2.45) is 5.92 Å². The Bertz CT molecular complexity index is 1430. The van der Waals surface area contributed by atoms with E-state index in [1.165, 1.54) is 12.8 Å². The summed E-state index contributed by atoms with van der Waals surface area (Å²) in [6.07, 6.45) is 6.02. The van der Waals surface area contributed by atoms with E-state index in [1.54, 1.807) is 29.2 Å². The first-order valence-electron chi connectivity index (χ1n) is 14.6. The molecule has 1 heterocycles. The Labute approximate surface area is 244 Å². The van der Waals surface area contributed by atoms with Crippen molar-refractivity contribution >= 4 is 42.8 Å². The van der Waals surface area contributed by atoms with E-state index >= 15 is 0 Å². The molecule has 8 nitrogen and oxygen atoms in total. The van der Waals surface area contributed by atoms with E-state index in [9.17, 15) is 9.59 Å². The van der Waals surface area contributed by atoms with E-state index in [4.69, 9.17) is 14.7 Å². The van der Waals surface area contributed by atoms with Gasteiger partial charge in [0.25, 0.3) is 5.91 Å². The van der Waals surface area contributed by atoms with Gasteiger partial charge < -0.3 is 13.9 Å². The first kappa shape index (κ1) is 30.5. The predicted octanol–water partition coefficient (Wildman–Crippen LogP) is 7.12. The van der Waals surface area contributed by atoms with Crippen molar-refractivity contribution < 1.29 is 14.0 Å². The Morgan fingerprint density at radius 1 is 1.15 bits per heavy atom. The van der Waals surface area contributed by atoms with E-state index in [-0.39, 0.29) is 16.9 Å². The lowest BCUT2D eigenvalue weighted by molar-refractivity contribution is -0.119. The number of benzene rings is 2. The maximum Gasteiger partial charge on any atom is 0.257 e. The zero-order valence-electron chi connectivity index (χ0n) is 25.3. The molecule has 1 fully saturated rings. The monoisotopic (exact) mass is 573 g/mol. The largest absolute Gasteiger partial charge is 0.417 e. The molecule has 1 aliphatic rings. The standard InChI is InChI=1S/C32H43N5O3Si/c1-32(2,3)41(5,6)40-19-9-18-37-28-17-16-26(36(4)29(38)20-23-10-7-8-11-23)21-27(28)34-31(37)35-30(39)25-14-12-24(22-33)13-15-25/h12-17,21,23H,7-11,18-20H2,1-6H3,(H,34,35,39). The van der Waals surface area contributed by atoms with Crippen molar-refractivity contribution in [3.8, 4) is 6.07 Å². The SMILES string of the molecule is CN(C(=O)CC1CCCC1)c1ccc2c(c1)nc(NC(=O)c1ccc(C#N)cc1)n2CCCO[Si](C)(C)C(C)(C)C. The molecule has 0 saturated heterocycles. The minimum absolute atomic E-state index is 0.118. The van der Waals surface area contributed by atoms with Gasteiger partial charge in [-0.1, -0.05) is 33.6 Å². The molecule has 1 aromatic heterocycles. The van der Waals surface area contributed by atoms with Crippen LogP contribution in [-0.4, -0.2) is 43.3 Å². The molecule has 0 aliphatic heterocycles. The van der Waals surface area contributed by atoms with Crippen molar-refractivity contribution in [2.45, 2.75) is 84.0 Å². The van der Waals surface area contributed by atoms with Crippen molar-refractivity contribution in [2.75, 3.05) is 23.9 Å². The van der Waals surface area contributed by atoms with E-state index in [0.717, 1.165) is 30.5 Å². The minimum atomic E-state index is -1.87. The third-order valence-corrected chi connectivity index (χ3v) is 13.3. The zero-order chi connectivity index (χ0) is 29.8. The average Bonchev–Trinajstić information content (AvgIpc) is 3.57. The Morgan fingerprint density at radius 3 is 2.46 bits per heavy atom. The maximum atomic E-state index is 13.1. The Kier molecular flexibility index (Phi) is 9.35. The molecule has 0 radical (unpaired) electrons. The number of nitrogens with zero attached hydrogens (tertiary/aromatic N) is 4. The molecule has 2 aromatic carbocycles. The van der Waals surface area contributed by atoms with Gasteiger partial charge in [0, 0.05) is 37.9 Å². The number of fused-ring (bicyclic) bond motifs is 1. The molecule has 2 amide bonds. The molecular weight excluding hydrogens is 530 g/mol. The number of rotatable bonds is 10. The minimum Gasteiger partial charge on any atom is -0.417 e. The first-order valence-corrected chi connectivity index (χ1v) is 17.5. The molecule has 1 aliphatic carbocycles. The molecule has 4 rings (SSSR count). The van der Waals surface area contributed by atoms with Gasteiger partial charge in [0.1, 0.15) is 0 Å². The highest BCUT2D eigenvalue weighted by atomic mass is 28.4. The second-order valence-corrected chi connectivity index (χ2v) is 17.5. The topological polar surface area (TPSA) is 100 Å². The van der Waals surface area contributed by atoms with Crippen LogP contribution < -0.4 is 10.2 Å². The number of hydrogen-bond donors (Lipinski definition) is 1. The van der Waals surface area contributed by atoms with Gasteiger partial charge in [-0.2, -0.15) is 5.26 Å². The van der Waals surface area contributed by atoms with Gasteiger partial charge in [-0.3, -0.25) is 14.9 Å². The van der Waals surface area contributed by atoms with Gasteiger partial charge >= 0.3 is 0 Å². The molecule has 218 valence electrons. The van der Waals surface area contributed by atoms with Gasteiger partial charge in [0.15, 0.2) is 8.32 Å². The fourth-order valence-corrected chi connectivity index (χ4v) is 6.11. The van der Waals surface area contributed by atoms with Gasteiger partial charge in [-0.05, 0) is 85.8 Å². The van der Waals surface area contributed by atoms with E-state index in [1.807, 2.05) is 29.8 Å². The van der Waals surface area contributed by atoms with Gasteiger partial charge in [-0.15, -0.1) is 0 Å². The second kappa shape index (κ2) is 12.6. The van der Waals surface area contributed by atoms with Crippen molar-refractivity contribution in [3.05, 3.63) is 53.6 Å². The van der Waals surface area contributed by atoms with Crippen LogP contribution in [0.25, 0.3) is 11.0 Å². The zero-order valence-corrected chi connectivity index (χ0v) is 26.3. The maximum absolute atomic E-state index is 13.1. The number of nitriles is 1. The highest BCUT2D eigenvalue weighted by molar-refractivity contribution is 6.74. The highest BCUT2D eigenvalue weighted by Gasteiger charge is 2.36. The molecule has 1 saturated carbocycles. The number of hydrogen-bond acceptors (Lipinski definition) is 5. The van der Waals surface area contributed by atoms with Crippen LogP contribution in [-0.2, 0) is 15.8 Å². The van der Waals surface area contributed by atoms with Crippen molar-refractivity contribution in [1.82, 2.24) is 9.55 Å². The summed E-state index contributed by atoms with van der Waals surface area (Å²) < 4.78 is 8.41. The van der Waals surface area contributed by atoms with Crippen molar-refractivity contribution in [1.29, 1.82) is 5.26 Å². The van der Waals surface area contributed by atoms with E-state index < -0.39 is 8.32 Å². The summed E-state index contributed by atoms with van der Waals surface area (Å²) in [4.78, 5) is 32.6. The molecule has 0 atom stereocenters. The number of aromatic nitrogens is 2. The van der Waals surface area contributed by atoms with Gasteiger partial charge in [0.2, 0.25) is 11.9 Å². The summed E-state index contributed by atoms with van der Waals surface area (Å²) in [6, 6.07) is 14.4. The molecule has 1 N–H and O–H groups in total. The Hall–Kier alpha value is -3.48. The van der Waals surface area contributed by atoms with Gasteiger partial charge in [-0.25, -0.2) is 4.98 Å². The van der Waals surface area contributed by atoms with E-state index in [2.05, 4.69) is 45.3 Å². The Morgan fingerprint density at radius 2 is 1.83 bits per heavy atom. The normalized spacial score (nSPS) is 14.3. The summed E-state index contributed by atoms with van der Waals surface area (Å²) in [5.74, 6) is 0.740. The second-order valence-electron chi connectivity index (χ2n) is 12.7. The van der Waals surface area contributed by atoms with E-state index in [0.29, 0.717) is 48.1 Å². The predicted molar refractivity (Wildman–Crippen MR) is 167 cm³/mol. The fourth-order valence-electron chi connectivity index (χ4n) is 5.03. The smallest absolute Gasteiger partial charge is 0.257 e. The summed E-state index contributed by atoms with van der Waals surface area (Å²) in [6.45, 7) is 12.4. The third kappa shape index (κ3) is 7.24. The Balaban J connectivity index is 1.57. The van der Waals surface area contributed by atoms with Crippen LogP contribution in [0.1, 0.15) is 75.2 Å². The number of imidazole rings is 1. The average molecular weight is 574 g/mol. The lowest BCUT2D eigenvalue weighted by Crippen LogP contribution is -2.41. The quantitative estimate of drug-likeness (QED) is 0.206. The van der Waals surface area contributed by atoms with Crippen LogP contribution in [0.2, 0.25) is 18.1 Å². The van der Waals surface area contributed by atoms with Crippen molar-refractivity contribution in [3.63, 3.8) is 0 Å². The number of anilines is 2. The molecular formula is C32H43N5O3Si. The highest BCUT2D eigenvalue weighted by Crippen LogP contribution is 2.36. The number of nitrogens with one attached hydrogen (secondary N) is 1. The van der Waals surface area contributed by atoms with Crippen LogP contribution in [0.3, 0.4) is 0 Å². The summed E-state index contributed by atoms with van der Waals surface area (Å²) in [5.41, 5.74) is 3.32. The third-order valence-electron chi connectivity index (χ3n) is 8.73. The van der Waals surface area contributed by atoms with Gasteiger partial charge in [0.05, 0.1) is 22.7 Å². The fraction of sp³-hybridized carbons (Fsp3) is 0.500.